The van der Waals surface area contributed by atoms with Crippen LogP contribution in [0.15, 0.2) is 0 Å². The minimum absolute atomic E-state index is 0.126. The summed E-state index contributed by atoms with van der Waals surface area (Å²) in [7, 11) is -4.56. The van der Waals surface area contributed by atoms with Gasteiger partial charge in [-0.25, -0.2) is 4.57 Å². The Morgan fingerprint density at radius 2 is 1.41 bits per heavy atom. The summed E-state index contributed by atoms with van der Waals surface area (Å²) in [5, 5.41) is 17.9. The molecule has 1 unspecified atom stereocenters. The van der Waals surface area contributed by atoms with Crippen LogP contribution in [0.5, 0.6) is 0 Å². The van der Waals surface area contributed by atoms with E-state index in [0.29, 0.717) is 6.42 Å². The molecule has 0 aromatic rings. The fourth-order valence-electron chi connectivity index (χ4n) is 2.68. The topological polar surface area (TPSA) is 149 Å². The van der Waals surface area contributed by atoms with E-state index in [1.54, 1.807) is 6.92 Å². The standard InChI is InChI=1S/C21H41O10P/c1-3-5-6-7-8-9-10-11-12-13-21(25)31-19(16-28-20(24)4-2)17-30-32(26,27)29-15-18(23)14-22/h18-19,22-23H,3-17H2,1-2H3,(H,26,27)/t18-,19+/m0/s1. The van der Waals surface area contributed by atoms with Gasteiger partial charge in [0.1, 0.15) is 12.7 Å². The molecule has 0 aromatic carbocycles. The van der Waals surface area contributed by atoms with E-state index < -0.39 is 51.8 Å². The number of aliphatic hydroxyl groups is 2. The van der Waals surface area contributed by atoms with E-state index in [-0.39, 0.29) is 19.4 Å². The molecule has 0 saturated heterocycles. The molecule has 0 aromatic heterocycles. The number of phosphoric ester groups is 1. The first kappa shape index (κ1) is 31.0. The molecule has 0 aliphatic carbocycles. The summed E-state index contributed by atoms with van der Waals surface area (Å²) in [5.41, 5.74) is 0. The molecule has 190 valence electrons. The molecule has 0 radical (unpaired) electrons. The molecular weight excluding hydrogens is 443 g/mol. The lowest BCUT2D eigenvalue weighted by Gasteiger charge is -2.20. The highest BCUT2D eigenvalue weighted by Gasteiger charge is 2.26. The van der Waals surface area contributed by atoms with Gasteiger partial charge in [-0.15, -0.1) is 0 Å². The predicted octanol–water partition coefficient (Wildman–Crippen LogP) is 3.26. The Balaban J connectivity index is 4.33. The van der Waals surface area contributed by atoms with Gasteiger partial charge in [-0.2, -0.15) is 0 Å². The third-order valence-electron chi connectivity index (χ3n) is 4.57. The summed E-state index contributed by atoms with van der Waals surface area (Å²) in [6, 6.07) is 0. The van der Waals surface area contributed by atoms with E-state index in [2.05, 4.69) is 11.4 Å². The van der Waals surface area contributed by atoms with Crippen LogP contribution in [0.4, 0.5) is 0 Å². The summed E-state index contributed by atoms with van der Waals surface area (Å²) < 4.78 is 31.4. The summed E-state index contributed by atoms with van der Waals surface area (Å²) in [6.07, 6.45) is 7.85. The second kappa shape index (κ2) is 19.4. The molecule has 10 nitrogen and oxygen atoms in total. The van der Waals surface area contributed by atoms with Crippen LogP contribution in [0.1, 0.15) is 84.5 Å². The lowest BCUT2D eigenvalue weighted by atomic mass is 10.1. The van der Waals surface area contributed by atoms with Gasteiger partial charge in [-0.1, -0.05) is 65.2 Å². The molecule has 0 aliphatic rings. The van der Waals surface area contributed by atoms with Gasteiger partial charge < -0.3 is 24.6 Å². The summed E-state index contributed by atoms with van der Waals surface area (Å²) in [5.74, 6) is -1.03. The van der Waals surface area contributed by atoms with Gasteiger partial charge >= 0.3 is 19.8 Å². The molecule has 0 amide bonds. The van der Waals surface area contributed by atoms with Gasteiger partial charge in [0.05, 0.1) is 19.8 Å². The highest BCUT2D eigenvalue weighted by atomic mass is 31.2. The third-order valence-corrected chi connectivity index (χ3v) is 5.52. The van der Waals surface area contributed by atoms with E-state index in [0.717, 1.165) is 19.3 Å². The lowest BCUT2D eigenvalue weighted by Crippen LogP contribution is -2.29. The SMILES string of the molecule is CCCCCCCCCCCC(=O)O[C@H](COC(=O)CC)COP(=O)(O)OC[C@@H](O)CO. The first-order chi connectivity index (χ1) is 15.2. The van der Waals surface area contributed by atoms with Crippen LogP contribution in [0, 0.1) is 0 Å². The zero-order valence-corrected chi connectivity index (χ0v) is 20.3. The Labute approximate surface area is 191 Å². The largest absolute Gasteiger partial charge is 0.472 e. The molecule has 0 saturated carbocycles. The van der Waals surface area contributed by atoms with Gasteiger partial charge in [-0.05, 0) is 6.42 Å². The van der Waals surface area contributed by atoms with Crippen molar-refractivity contribution in [3.63, 3.8) is 0 Å². The number of phosphoric acid groups is 1. The second-order valence-corrected chi connectivity index (χ2v) is 9.08. The van der Waals surface area contributed by atoms with Gasteiger partial charge in [-0.3, -0.25) is 18.6 Å². The molecule has 0 heterocycles. The maximum atomic E-state index is 12.1. The van der Waals surface area contributed by atoms with Crippen LogP contribution in [-0.2, 0) is 32.7 Å². The number of hydrogen-bond donors (Lipinski definition) is 3. The number of unbranched alkanes of at least 4 members (excludes halogenated alkanes) is 8. The Morgan fingerprint density at radius 1 is 0.844 bits per heavy atom. The van der Waals surface area contributed by atoms with Crippen LogP contribution in [0.25, 0.3) is 0 Å². The van der Waals surface area contributed by atoms with Crippen molar-refractivity contribution in [1.82, 2.24) is 0 Å². The van der Waals surface area contributed by atoms with Crippen LogP contribution in [0.2, 0.25) is 0 Å². The third kappa shape index (κ3) is 18.5. The minimum atomic E-state index is -4.56. The molecule has 0 spiro atoms. The summed E-state index contributed by atoms with van der Waals surface area (Å²) >= 11 is 0. The average Bonchev–Trinajstić information content (AvgIpc) is 2.77. The number of hydrogen-bond acceptors (Lipinski definition) is 9. The van der Waals surface area contributed by atoms with Gasteiger partial charge in [0.15, 0.2) is 6.10 Å². The maximum absolute atomic E-state index is 12.1. The number of rotatable bonds is 21. The van der Waals surface area contributed by atoms with Gasteiger partial charge in [0, 0.05) is 12.8 Å². The number of carbonyl (C=O) groups excluding carboxylic acids is 2. The van der Waals surface area contributed by atoms with Crippen LogP contribution in [-0.4, -0.2) is 65.7 Å². The molecule has 0 fully saturated rings. The normalized spacial score (nSPS) is 15.0. The lowest BCUT2D eigenvalue weighted by molar-refractivity contribution is -0.161. The molecule has 0 rings (SSSR count). The van der Waals surface area contributed by atoms with Gasteiger partial charge in [0.25, 0.3) is 0 Å². The second-order valence-electron chi connectivity index (χ2n) is 7.62. The Kier molecular flexibility index (Phi) is 18.8. The quantitative estimate of drug-likeness (QED) is 0.126. The van der Waals surface area contributed by atoms with Crippen molar-refractivity contribution in [2.45, 2.75) is 96.7 Å². The first-order valence-corrected chi connectivity index (χ1v) is 13.0. The van der Waals surface area contributed by atoms with Crippen molar-refractivity contribution in [2.24, 2.45) is 0 Å². The average molecular weight is 485 g/mol. The van der Waals surface area contributed by atoms with Crippen molar-refractivity contribution < 1.29 is 47.8 Å². The highest BCUT2D eigenvalue weighted by molar-refractivity contribution is 7.47. The summed E-state index contributed by atoms with van der Waals surface area (Å²) in [4.78, 5) is 33.1. The molecule has 11 heteroatoms. The molecule has 0 bridgehead atoms. The monoisotopic (exact) mass is 484 g/mol. The number of esters is 2. The first-order valence-electron chi connectivity index (χ1n) is 11.5. The fourth-order valence-corrected chi connectivity index (χ4v) is 3.47. The smallest absolute Gasteiger partial charge is 0.462 e. The zero-order valence-electron chi connectivity index (χ0n) is 19.4. The van der Waals surface area contributed by atoms with E-state index in [4.69, 9.17) is 19.1 Å². The van der Waals surface area contributed by atoms with Crippen LogP contribution >= 0.6 is 7.82 Å². The van der Waals surface area contributed by atoms with Crippen molar-refractivity contribution in [1.29, 1.82) is 0 Å². The van der Waals surface area contributed by atoms with E-state index >= 15 is 0 Å². The molecule has 0 aliphatic heterocycles. The molecule has 3 N–H and O–H groups in total. The molecule has 3 atom stereocenters. The van der Waals surface area contributed by atoms with Gasteiger partial charge in [0.2, 0.25) is 0 Å². The molecular formula is C21H41O10P. The minimum Gasteiger partial charge on any atom is -0.462 e. The molecule has 32 heavy (non-hydrogen) atoms. The van der Waals surface area contributed by atoms with E-state index in [1.165, 1.54) is 32.1 Å². The number of carbonyl (C=O) groups is 2. The zero-order chi connectivity index (χ0) is 24.2. The predicted molar refractivity (Wildman–Crippen MR) is 118 cm³/mol. The van der Waals surface area contributed by atoms with E-state index in [9.17, 15) is 24.2 Å². The Bertz CT molecular complexity index is 543. The van der Waals surface area contributed by atoms with E-state index in [1.807, 2.05) is 0 Å². The highest BCUT2D eigenvalue weighted by Crippen LogP contribution is 2.43. The van der Waals surface area contributed by atoms with Crippen LogP contribution in [0.3, 0.4) is 0 Å². The van der Waals surface area contributed by atoms with Crippen molar-refractivity contribution in [2.75, 3.05) is 26.4 Å². The van der Waals surface area contributed by atoms with Crippen molar-refractivity contribution in [3.05, 3.63) is 0 Å². The van der Waals surface area contributed by atoms with Crippen molar-refractivity contribution in [3.8, 4) is 0 Å². The maximum Gasteiger partial charge on any atom is 0.472 e. The number of ether oxygens (including phenoxy) is 2. The van der Waals surface area contributed by atoms with Crippen LogP contribution < -0.4 is 0 Å². The van der Waals surface area contributed by atoms with Crippen molar-refractivity contribution >= 4 is 19.8 Å². The number of aliphatic hydroxyl groups excluding tert-OH is 2. The Hall–Kier alpha value is -1.03. The Morgan fingerprint density at radius 3 is 1.97 bits per heavy atom. The summed E-state index contributed by atoms with van der Waals surface area (Å²) in [6.45, 7) is 1.67. The fraction of sp³-hybridized carbons (Fsp3) is 0.905.